The largest absolute Gasteiger partial charge is 0.461 e. The Labute approximate surface area is 95.8 Å². The highest BCUT2D eigenvalue weighted by molar-refractivity contribution is 9.09. The van der Waals surface area contributed by atoms with E-state index in [0.717, 1.165) is 11.9 Å². The molecule has 0 bridgehead atoms. The molecule has 3 nitrogen and oxygen atoms in total. The number of ketones is 1. The first-order valence-electron chi connectivity index (χ1n) is 4.62. The molecule has 0 atom stereocenters. The van der Waals surface area contributed by atoms with Gasteiger partial charge < -0.3 is 8.98 Å². The van der Waals surface area contributed by atoms with Gasteiger partial charge >= 0.3 is 0 Å². The third-order valence-corrected chi connectivity index (χ3v) is 2.49. The van der Waals surface area contributed by atoms with Gasteiger partial charge in [0.1, 0.15) is 0 Å². The molecular formula is C11H10BrNO2. The maximum absolute atomic E-state index is 11.9. The summed E-state index contributed by atoms with van der Waals surface area (Å²) in [5, 5.41) is 0.820. The standard InChI is InChI=1S/C11H10BrNO2/c12-5-7-13-6-1-3-9(13)11(14)10-4-2-8-15-10/h1-4,6,8H,5,7H2. The molecule has 0 aliphatic heterocycles. The van der Waals surface area contributed by atoms with Gasteiger partial charge in [0.25, 0.3) is 0 Å². The first-order valence-corrected chi connectivity index (χ1v) is 5.74. The van der Waals surface area contributed by atoms with Gasteiger partial charge in [0, 0.05) is 18.1 Å². The van der Waals surface area contributed by atoms with Crippen LogP contribution in [-0.2, 0) is 6.54 Å². The minimum atomic E-state index is -0.0778. The summed E-state index contributed by atoms with van der Waals surface area (Å²) in [6, 6.07) is 7.05. The number of hydrogen-bond acceptors (Lipinski definition) is 2. The average Bonchev–Trinajstić information content (AvgIpc) is 2.87. The molecular weight excluding hydrogens is 258 g/mol. The predicted molar refractivity (Wildman–Crippen MR) is 60.4 cm³/mol. The van der Waals surface area contributed by atoms with Crippen molar-refractivity contribution in [2.75, 3.05) is 5.33 Å². The Bertz CT molecular complexity index is 445. The molecule has 15 heavy (non-hydrogen) atoms. The summed E-state index contributed by atoms with van der Waals surface area (Å²) >= 11 is 3.35. The van der Waals surface area contributed by atoms with E-state index in [9.17, 15) is 4.79 Å². The van der Waals surface area contributed by atoms with Gasteiger partial charge in [-0.1, -0.05) is 15.9 Å². The Morgan fingerprint density at radius 3 is 2.93 bits per heavy atom. The van der Waals surface area contributed by atoms with Crippen molar-refractivity contribution < 1.29 is 9.21 Å². The zero-order valence-electron chi connectivity index (χ0n) is 8.02. The number of rotatable bonds is 4. The van der Waals surface area contributed by atoms with Crippen LogP contribution in [0.15, 0.2) is 41.1 Å². The van der Waals surface area contributed by atoms with E-state index >= 15 is 0 Å². The molecule has 0 amide bonds. The topological polar surface area (TPSA) is 35.1 Å². The first-order chi connectivity index (χ1) is 7.33. The van der Waals surface area contributed by atoms with E-state index in [1.165, 1.54) is 6.26 Å². The van der Waals surface area contributed by atoms with E-state index in [-0.39, 0.29) is 5.78 Å². The van der Waals surface area contributed by atoms with Crippen LogP contribution >= 0.6 is 15.9 Å². The van der Waals surface area contributed by atoms with Crippen LogP contribution in [0.1, 0.15) is 16.2 Å². The van der Waals surface area contributed by atoms with E-state index in [2.05, 4.69) is 15.9 Å². The SMILES string of the molecule is O=C(c1ccco1)c1cccn1CCBr. The number of alkyl halides is 1. The lowest BCUT2D eigenvalue weighted by Crippen LogP contribution is -2.09. The predicted octanol–water partition coefficient (Wildman–Crippen LogP) is 2.71. The molecule has 0 saturated heterocycles. The highest BCUT2D eigenvalue weighted by Gasteiger charge is 2.14. The van der Waals surface area contributed by atoms with Crippen molar-refractivity contribution in [3.63, 3.8) is 0 Å². The fourth-order valence-corrected chi connectivity index (χ4v) is 1.82. The molecule has 2 heterocycles. The van der Waals surface area contributed by atoms with E-state index in [1.54, 1.807) is 18.2 Å². The highest BCUT2D eigenvalue weighted by atomic mass is 79.9. The normalized spacial score (nSPS) is 10.5. The maximum Gasteiger partial charge on any atom is 0.244 e. The molecule has 0 radical (unpaired) electrons. The monoisotopic (exact) mass is 267 g/mol. The van der Waals surface area contributed by atoms with Gasteiger partial charge in [-0.2, -0.15) is 0 Å². The molecule has 2 rings (SSSR count). The van der Waals surface area contributed by atoms with Crippen molar-refractivity contribution in [1.82, 2.24) is 4.57 Å². The van der Waals surface area contributed by atoms with Gasteiger partial charge in [-0.3, -0.25) is 4.79 Å². The quantitative estimate of drug-likeness (QED) is 0.631. The Balaban J connectivity index is 2.29. The molecule has 0 aliphatic rings. The summed E-state index contributed by atoms with van der Waals surface area (Å²) in [6.07, 6.45) is 3.39. The average molecular weight is 268 g/mol. The van der Waals surface area contributed by atoms with Crippen molar-refractivity contribution in [2.24, 2.45) is 0 Å². The summed E-state index contributed by atoms with van der Waals surface area (Å²) < 4.78 is 6.98. The second kappa shape index (κ2) is 4.49. The summed E-state index contributed by atoms with van der Waals surface area (Å²) in [5.74, 6) is 0.301. The molecule has 0 N–H and O–H groups in total. The Morgan fingerprint density at radius 1 is 1.40 bits per heavy atom. The van der Waals surface area contributed by atoms with Gasteiger partial charge in [0.2, 0.25) is 5.78 Å². The van der Waals surface area contributed by atoms with Gasteiger partial charge in [0.05, 0.1) is 12.0 Å². The number of halogens is 1. The van der Waals surface area contributed by atoms with Crippen LogP contribution < -0.4 is 0 Å². The molecule has 0 aromatic carbocycles. The summed E-state index contributed by atoms with van der Waals surface area (Å²) in [4.78, 5) is 11.9. The second-order valence-electron chi connectivity index (χ2n) is 3.08. The molecule has 4 heteroatoms. The smallest absolute Gasteiger partial charge is 0.244 e. The summed E-state index contributed by atoms with van der Waals surface area (Å²) in [6.45, 7) is 0.773. The summed E-state index contributed by atoms with van der Waals surface area (Å²) in [7, 11) is 0. The van der Waals surface area contributed by atoms with E-state index in [0.29, 0.717) is 11.5 Å². The number of aryl methyl sites for hydroxylation is 1. The fraction of sp³-hybridized carbons (Fsp3) is 0.182. The first kappa shape index (κ1) is 10.2. The van der Waals surface area contributed by atoms with Crippen LogP contribution in [0.4, 0.5) is 0 Å². The molecule has 0 aliphatic carbocycles. The second-order valence-corrected chi connectivity index (χ2v) is 3.88. The number of hydrogen-bond donors (Lipinski definition) is 0. The van der Waals surface area contributed by atoms with Gasteiger partial charge in [-0.25, -0.2) is 0 Å². The Morgan fingerprint density at radius 2 is 2.27 bits per heavy atom. The van der Waals surface area contributed by atoms with Crippen molar-refractivity contribution >= 4 is 21.7 Å². The van der Waals surface area contributed by atoms with Crippen molar-refractivity contribution in [3.05, 3.63) is 48.2 Å². The van der Waals surface area contributed by atoms with Crippen molar-refractivity contribution in [2.45, 2.75) is 6.54 Å². The fourth-order valence-electron chi connectivity index (χ4n) is 1.44. The van der Waals surface area contributed by atoms with E-state index in [4.69, 9.17) is 4.42 Å². The molecule has 0 saturated carbocycles. The highest BCUT2D eigenvalue weighted by Crippen LogP contribution is 2.11. The summed E-state index contributed by atoms with van der Waals surface area (Å²) in [5.41, 5.74) is 0.657. The molecule has 2 aromatic rings. The van der Waals surface area contributed by atoms with Crippen LogP contribution in [0.2, 0.25) is 0 Å². The zero-order chi connectivity index (χ0) is 10.7. The Hall–Kier alpha value is -1.29. The lowest BCUT2D eigenvalue weighted by molar-refractivity contribution is 0.100. The van der Waals surface area contributed by atoms with Crippen LogP contribution in [0.5, 0.6) is 0 Å². The number of furan rings is 1. The molecule has 0 unspecified atom stereocenters. The van der Waals surface area contributed by atoms with Crippen LogP contribution in [0.25, 0.3) is 0 Å². The molecule has 0 spiro atoms. The zero-order valence-corrected chi connectivity index (χ0v) is 9.61. The van der Waals surface area contributed by atoms with E-state index in [1.807, 2.05) is 16.8 Å². The van der Waals surface area contributed by atoms with Gasteiger partial charge in [-0.15, -0.1) is 0 Å². The van der Waals surface area contributed by atoms with E-state index < -0.39 is 0 Å². The minimum Gasteiger partial charge on any atom is -0.461 e. The maximum atomic E-state index is 11.9. The number of aromatic nitrogens is 1. The molecule has 2 aromatic heterocycles. The third-order valence-electron chi connectivity index (χ3n) is 2.13. The minimum absolute atomic E-state index is 0.0778. The number of nitrogens with zero attached hydrogens (tertiary/aromatic N) is 1. The number of carbonyl (C=O) groups excluding carboxylic acids is 1. The number of carbonyl (C=O) groups is 1. The lowest BCUT2D eigenvalue weighted by atomic mass is 10.2. The molecule has 0 fully saturated rings. The lowest BCUT2D eigenvalue weighted by Gasteiger charge is -2.04. The van der Waals surface area contributed by atoms with Crippen LogP contribution in [0.3, 0.4) is 0 Å². The van der Waals surface area contributed by atoms with Crippen LogP contribution in [-0.4, -0.2) is 15.7 Å². The van der Waals surface area contributed by atoms with Crippen molar-refractivity contribution in [1.29, 1.82) is 0 Å². The van der Waals surface area contributed by atoms with Gasteiger partial charge in [-0.05, 0) is 24.3 Å². The van der Waals surface area contributed by atoms with Crippen LogP contribution in [0, 0.1) is 0 Å². The third kappa shape index (κ3) is 2.04. The Kier molecular flexibility index (Phi) is 3.06. The molecule has 78 valence electrons. The van der Waals surface area contributed by atoms with Crippen molar-refractivity contribution in [3.8, 4) is 0 Å². The van der Waals surface area contributed by atoms with Gasteiger partial charge in [0.15, 0.2) is 5.76 Å².